The molecule has 1 aliphatic carbocycles. The number of allylic oxidation sites excluding steroid dienone is 1. The largest absolute Gasteiger partial charge is 0.456 e. The molecule has 2 heteroatoms. The van der Waals surface area contributed by atoms with Crippen LogP contribution in [0.25, 0.3) is 45.0 Å². The van der Waals surface area contributed by atoms with Crippen LogP contribution in [-0.4, -0.2) is 0 Å². The lowest BCUT2D eigenvalue weighted by molar-refractivity contribution is 0.603. The summed E-state index contributed by atoms with van der Waals surface area (Å²) in [7, 11) is 0. The summed E-state index contributed by atoms with van der Waals surface area (Å²) in [5, 5.41) is 3.66. The van der Waals surface area contributed by atoms with Crippen LogP contribution in [0.1, 0.15) is 68.3 Å². The Kier molecular flexibility index (Phi) is 12.7. The molecule has 9 aromatic carbocycles. The zero-order valence-electron chi connectivity index (χ0n) is 39.4. The number of benzene rings is 9. The maximum atomic E-state index is 5.69. The Labute approximate surface area is 396 Å². The molecule has 0 aliphatic heterocycles. The van der Waals surface area contributed by atoms with Gasteiger partial charge < -0.3 is 9.32 Å². The Morgan fingerprint density at radius 3 is 1.49 bits per heavy atom. The second kappa shape index (κ2) is 19.3. The predicted octanol–water partition coefficient (Wildman–Crippen LogP) is 18.0. The van der Waals surface area contributed by atoms with Crippen molar-refractivity contribution in [1.29, 1.82) is 0 Å². The Hall–Kier alpha value is -7.94. The smallest absolute Gasteiger partial charge is 0.135 e. The van der Waals surface area contributed by atoms with E-state index in [2.05, 4.69) is 234 Å². The molecule has 1 aliphatic rings. The molecular formula is C65H57NO. The van der Waals surface area contributed by atoms with Crippen molar-refractivity contribution < 1.29 is 4.42 Å². The highest BCUT2D eigenvalue weighted by atomic mass is 16.3. The molecule has 1 heterocycles. The molecule has 11 rings (SSSR count). The monoisotopic (exact) mass is 867 g/mol. The summed E-state index contributed by atoms with van der Waals surface area (Å²) < 4.78 is 5.69. The predicted molar refractivity (Wildman–Crippen MR) is 287 cm³/mol. The van der Waals surface area contributed by atoms with Crippen LogP contribution in [0.2, 0.25) is 0 Å². The zero-order valence-corrected chi connectivity index (χ0v) is 39.4. The van der Waals surface area contributed by atoms with Gasteiger partial charge in [0.25, 0.3) is 0 Å². The van der Waals surface area contributed by atoms with Crippen LogP contribution in [0.4, 0.5) is 17.1 Å². The average molecular weight is 868 g/mol. The van der Waals surface area contributed by atoms with Gasteiger partial charge in [-0.05, 0) is 129 Å². The molecule has 0 fully saturated rings. The summed E-state index contributed by atoms with van der Waals surface area (Å²) >= 11 is 0. The summed E-state index contributed by atoms with van der Waals surface area (Å²) in [5.74, 6) is 0.841. The minimum Gasteiger partial charge on any atom is -0.456 e. The molecule has 2 nitrogen and oxygen atoms in total. The molecule has 0 saturated carbocycles. The minimum atomic E-state index is -0.490. The van der Waals surface area contributed by atoms with E-state index in [1.165, 1.54) is 77.7 Å². The first kappa shape index (κ1) is 44.3. The number of nitrogens with zero attached hydrogens (tertiary/aromatic N) is 1. The van der Waals surface area contributed by atoms with Crippen molar-refractivity contribution in [3.63, 3.8) is 0 Å². The number of hydrogen-bond donors (Lipinski definition) is 0. The Morgan fingerprint density at radius 2 is 0.955 bits per heavy atom. The van der Waals surface area contributed by atoms with E-state index in [4.69, 9.17) is 4.42 Å². The molecule has 1 aromatic heterocycles. The molecule has 328 valence electrons. The Bertz CT molecular complexity index is 3260. The van der Waals surface area contributed by atoms with Gasteiger partial charge >= 0.3 is 0 Å². The molecule has 0 saturated heterocycles. The van der Waals surface area contributed by atoms with Gasteiger partial charge in [-0.15, -0.1) is 0 Å². The minimum absolute atomic E-state index is 0.490. The molecule has 0 amide bonds. The third-order valence-corrected chi connectivity index (χ3v) is 12.9. The quantitative estimate of drug-likeness (QED) is 0.159. The number of aryl methyl sites for hydroxylation is 5. The third-order valence-electron chi connectivity index (χ3n) is 12.9. The van der Waals surface area contributed by atoms with Crippen LogP contribution < -0.4 is 4.90 Å². The highest BCUT2D eigenvalue weighted by molar-refractivity contribution is 6.11. The van der Waals surface area contributed by atoms with Crippen LogP contribution in [0.5, 0.6) is 0 Å². The van der Waals surface area contributed by atoms with E-state index < -0.39 is 5.41 Å². The molecular weight excluding hydrogens is 811 g/mol. The van der Waals surface area contributed by atoms with Crippen LogP contribution in [0, 0.1) is 34.6 Å². The number of anilines is 3. The first-order valence-electron chi connectivity index (χ1n) is 23.2. The van der Waals surface area contributed by atoms with Crippen molar-refractivity contribution in [3.05, 3.63) is 280 Å². The Morgan fingerprint density at radius 1 is 0.463 bits per heavy atom. The third kappa shape index (κ3) is 8.55. The van der Waals surface area contributed by atoms with Crippen molar-refractivity contribution in [2.75, 3.05) is 4.90 Å². The van der Waals surface area contributed by atoms with E-state index in [0.29, 0.717) is 0 Å². The fourth-order valence-electron chi connectivity index (χ4n) is 9.71. The highest BCUT2D eigenvalue weighted by Crippen LogP contribution is 2.60. The molecule has 0 unspecified atom stereocenters. The van der Waals surface area contributed by atoms with E-state index in [1.807, 2.05) is 37.3 Å². The molecule has 0 spiro atoms. The van der Waals surface area contributed by atoms with E-state index >= 15 is 0 Å². The van der Waals surface area contributed by atoms with E-state index in [0.717, 1.165) is 33.7 Å². The molecule has 0 atom stereocenters. The van der Waals surface area contributed by atoms with Gasteiger partial charge in [0.15, 0.2) is 0 Å². The van der Waals surface area contributed by atoms with Crippen LogP contribution >= 0.6 is 0 Å². The van der Waals surface area contributed by atoms with Gasteiger partial charge in [-0.2, -0.15) is 0 Å². The van der Waals surface area contributed by atoms with Gasteiger partial charge in [0, 0.05) is 27.7 Å². The SMILES string of the molecule is C=Cc1oc2ccc(C)cc2c1/C=C\C.Cc1ccc(C2(c3ccc(C)cc3)c3cc(C)ccc3-c3c2cc(N(c2ccccc2)c2ccccc2)c2ccccc32)cc1.Cc1ccccc1. The van der Waals surface area contributed by atoms with E-state index in [9.17, 15) is 0 Å². The maximum Gasteiger partial charge on any atom is 0.135 e. The topological polar surface area (TPSA) is 16.4 Å². The van der Waals surface area contributed by atoms with Gasteiger partial charge in [0.05, 0.1) is 11.1 Å². The first-order valence-corrected chi connectivity index (χ1v) is 23.2. The van der Waals surface area contributed by atoms with Crippen molar-refractivity contribution >= 4 is 51.0 Å². The number of fused-ring (bicyclic) bond motifs is 6. The molecule has 0 radical (unpaired) electrons. The Balaban J connectivity index is 0.000000209. The fourth-order valence-corrected chi connectivity index (χ4v) is 9.71. The van der Waals surface area contributed by atoms with Gasteiger partial charge in [-0.1, -0.05) is 210 Å². The molecule has 0 N–H and O–H groups in total. The number of furan rings is 1. The summed E-state index contributed by atoms with van der Waals surface area (Å²) in [4.78, 5) is 2.42. The number of para-hydroxylation sites is 2. The van der Waals surface area contributed by atoms with Crippen LogP contribution in [-0.2, 0) is 5.41 Å². The maximum absolute atomic E-state index is 5.69. The molecule has 10 aromatic rings. The lowest BCUT2D eigenvalue weighted by atomic mass is 9.67. The normalized spacial score (nSPS) is 12.1. The lowest BCUT2D eigenvalue weighted by Gasteiger charge is -2.35. The van der Waals surface area contributed by atoms with Crippen molar-refractivity contribution in [1.82, 2.24) is 0 Å². The van der Waals surface area contributed by atoms with E-state index in [1.54, 1.807) is 6.08 Å². The van der Waals surface area contributed by atoms with Crippen molar-refractivity contribution in [3.8, 4) is 11.1 Å². The van der Waals surface area contributed by atoms with Crippen LogP contribution in [0.3, 0.4) is 0 Å². The second-order valence-corrected chi connectivity index (χ2v) is 17.6. The summed E-state index contributed by atoms with van der Waals surface area (Å²) in [6, 6.07) is 74.9. The summed E-state index contributed by atoms with van der Waals surface area (Å²) in [6.45, 7) is 16.5. The summed E-state index contributed by atoms with van der Waals surface area (Å²) in [6.07, 6.45) is 5.83. The zero-order chi connectivity index (χ0) is 46.5. The van der Waals surface area contributed by atoms with Crippen LogP contribution in [0.15, 0.2) is 223 Å². The number of hydrogen-bond acceptors (Lipinski definition) is 2. The standard InChI is InChI=1S/C44H35N.C14H14O.C7H8/c1-30-18-23-33(24-19-30)44(34-25-20-31(2)21-26-34)40-28-32(3)22-27-39(40)43-38-17-11-10-16-37(38)42(29-41(43)44)45(35-12-6-4-7-13-35)36-14-8-5-9-15-36;1-4-6-11-12-9-10(3)7-8-14(12)15-13(11)5-2;1-7-5-3-2-4-6-7/h4-29H,1-3H3;4-9H,2H2,1,3H3;2-6H,1H3/b;6-4-;. The fraction of sp³-hybridized carbons (Fsp3) is 0.108. The molecule has 0 bridgehead atoms. The highest BCUT2D eigenvalue weighted by Gasteiger charge is 2.47. The van der Waals surface area contributed by atoms with Gasteiger partial charge in [0.2, 0.25) is 0 Å². The van der Waals surface area contributed by atoms with Gasteiger partial charge in [0.1, 0.15) is 11.3 Å². The van der Waals surface area contributed by atoms with Crippen molar-refractivity contribution in [2.45, 2.75) is 47.0 Å². The number of rotatable bonds is 7. The van der Waals surface area contributed by atoms with Gasteiger partial charge in [-0.25, -0.2) is 0 Å². The van der Waals surface area contributed by atoms with Crippen molar-refractivity contribution in [2.24, 2.45) is 0 Å². The van der Waals surface area contributed by atoms with Gasteiger partial charge in [-0.3, -0.25) is 0 Å². The second-order valence-electron chi connectivity index (χ2n) is 17.6. The lowest BCUT2D eigenvalue weighted by Crippen LogP contribution is -2.29. The summed E-state index contributed by atoms with van der Waals surface area (Å²) in [5.41, 5.74) is 19.2. The average Bonchev–Trinajstić information content (AvgIpc) is 3.85. The molecule has 67 heavy (non-hydrogen) atoms. The van der Waals surface area contributed by atoms with E-state index in [-0.39, 0.29) is 0 Å². The first-order chi connectivity index (χ1) is 32.7.